The van der Waals surface area contributed by atoms with Crippen LogP contribution < -0.4 is 0 Å². The Labute approximate surface area is 106 Å². The van der Waals surface area contributed by atoms with Crippen LogP contribution in [-0.4, -0.2) is 34.9 Å². The maximum atomic E-state index is 11.7. The van der Waals surface area contributed by atoms with E-state index >= 15 is 0 Å². The number of thioether (sulfide) groups is 1. The summed E-state index contributed by atoms with van der Waals surface area (Å²) >= 11 is 6.67. The molecule has 0 radical (unpaired) electrons. The van der Waals surface area contributed by atoms with E-state index in [1.54, 1.807) is 11.8 Å². The minimum Gasteiger partial charge on any atom is -0.364 e. The number of nitrogens with zero attached hydrogens (tertiary/aromatic N) is 1. The predicted octanol–water partition coefficient (Wildman–Crippen LogP) is 2.84. The monoisotopic (exact) mass is 253 g/mol. The van der Waals surface area contributed by atoms with Crippen LogP contribution >= 0.6 is 24.0 Å². The SMILES string of the molecule is CN(C)C(=S)SCCC(=O)c1ccccc1. The van der Waals surface area contributed by atoms with Crippen LogP contribution in [0.2, 0.25) is 0 Å². The third kappa shape index (κ3) is 4.33. The quantitative estimate of drug-likeness (QED) is 0.607. The van der Waals surface area contributed by atoms with Crippen LogP contribution in [0.1, 0.15) is 16.8 Å². The maximum Gasteiger partial charge on any atom is 0.163 e. The van der Waals surface area contributed by atoms with E-state index in [2.05, 4.69) is 0 Å². The normalized spacial score (nSPS) is 9.88. The lowest BCUT2D eigenvalue weighted by Crippen LogP contribution is -2.16. The summed E-state index contributed by atoms with van der Waals surface area (Å²) in [6.07, 6.45) is 0.530. The first-order valence-electron chi connectivity index (χ1n) is 5.03. The number of hydrogen-bond acceptors (Lipinski definition) is 3. The summed E-state index contributed by atoms with van der Waals surface area (Å²) < 4.78 is 0.820. The van der Waals surface area contributed by atoms with Gasteiger partial charge in [0.15, 0.2) is 5.78 Å². The average molecular weight is 253 g/mol. The van der Waals surface area contributed by atoms with E-state index in [0.717, 1.165) is 15.6 Å². The highest BCUT2D eigenvalue weighted by Gasteiger charge is 2.06. The van der Waals surface area contributed by atoms with E-state index in [1.807, 2.05) is 49.3 Å². The van der Waals surface area contributed by atoms with Crippen molar-refractivity contribution in [1.29, 1.82) is 0 Å². The molecule has 0 spiro atoms. The molecular formula is C12H15NOS2. The molecule has 0 fully saturated rings. The minimum absolute atomic E-state index is 0.176. The van der Waals surface area contributed by atoms with Crippen LogP contribution in [-0.2, 0) is 0 Å². The van der Waals surface area contributed by atoms with Crippen LogP contribution in [0.4, 0.5) is 0 Å². The number of carbonyl (C=O) groups is 1. The van der Waals surface area contributed by atoms with E-state index in [9.17, 15) is 4.79 Å². The van der Waals surface area contributed by atoms with Crippen molar-refractivity contribution in [3.63, 3.8) is 0 Å². The molecule has 1 aromatic carbocycles. The van der Waals surface area contributed by atoms with Gasteiger partial charge >= 0.3 is 0 Å². The zero-order valence-corrected chi connectivity index (χ0v) is 11.1. The number of ketones is 1. The Morgan fingerprint density at radius 1 is 1.31 bits per heavy atom. The molecule has 0 atom stereocenters. The summed E-state index contributed by atoms with van der Waals surface area (Å²) in [4.78, 5) is 13.6. The number of thiocarbonyl (C=S) groups is 1. The van der Waals surface area contributed by atoms with E-state index in [0.29, 0.717) is 6.42 Å². The van der Waals surface area contributed by atoms with E-state index in [1.165, 1.54) is 0 Å². The molecule has 4 heteroatoms. The number of carbonyl (C=O) groups excluding carboxylic acids is 1. The van der Waals surface area contributed by atoms with Crippen LogP contribution in [0.15, 0.2) is 30.3 Å². The molecule has 0 N–H and O–H groups in total. The first kappa shape index (κ1) is 13.2. The molecule has 0 aliphatic heterocycles. The van der Waals surface area contributed by atoms with Crippen LogP contribution in [0.25, 0.3) is 0 Å². The number of Topliss-reactive ketones (excluding diaryl/α,β-unsaturated/α-hetero) is 1. The fourth-order valence-electron chi connectivity index (χ4n) is 1.13. The lowest BCUT2D eigenvalue weighted by Gasteiger charge is -2.12. The Morgan fingerprint density at radius 3 is 2.50 bits per heavy atom. The molecule has 16 heavy (non-hydrogen) atoms. The van der Waals surface area contributed by atoms with Crippen LogP contribution in [0.5, 0.6) is 0 Å². The van der Waals surface area contributed by atoms with Crippen molar-refractivity contribution in [2.45, 2.75) is 6.42 Å². The Balaban J connectivity index is 2.34. The molecule has 0 aliphatic rings. The van der Waals surface area contributed by atoms with Crippen molar-refractivity contribution in [3.8, 4) is 0 Å². The molecule has 0 aliphatic carbocycles. The second-order valence-electron chi connectivity index (χ2n) is 3.55. The average Bonchev–Trinajstić information content (AvgIpc) is 2.29. The largest absolute Gasteiger partial charge is 0.364 e. The molecule has 2 nitrogen and oxygen atoms in total. The van der Waals surface area contributed by atoms with Gasteiger partial charge in [0.1, 0.15) is 4.32 Å². The molecule has 1 aromatic rings. The Kier molecular flexibility index (Phi) is 5.49. The fourth-order valence-corrected chi connectivity index (χ4v) is 2.10. The zero-order valence-electron chi connectivity index (χ0n) is 9.47. The van der Waals surface area contributed by atoms with E-state index in [4.69, 9.17) is 12.2 Å². The lowest BCUT2D eigenvalue weighted by atomic mass is 10.1. The van der Waals surface area contributed by atoms with Gasteiger partial charge in [-0.2, -0.15) is 0 Å². The highest BCUT2D eigenvalue weighted by atomic mass is 32.2. The zero-order chi connectivity index (χ0) is 12.0. The summed E-state index contributed by atoms with van der Waals surface area (Å²) in [7, 11) is 3.82. The van der Waals surface area contributed by atoms with Gasteiger partial charge in [-0.25, -0.2) is 0 Å². The highest BCUT2D eigenvalue weighted by molar-refractivity contribution is 8.22. The molecule has 0 amide bonds. The summed E-state index contributed by atoms with van der Waals surface area (Å²) in [6, 6.07) is 9.36. The van der Waals surface area contributed by atoms with Gasteiger partial charge in [-0.15, -0.1) is 0 Å². The predicted molar refractivity (Wildman–Crippen MR) is 74.1 cm³/mol. The molecule has 0 unspecified atom stereocenters. The van der Waals surface area contributed by atoms with Crippen molar-refractivity contribution >= 4 is 34.1 Å². The van der Waals surface area contributed by atoms with Crippen molar-refractivity contribution in [3.05, 3.63) is 35.9 Å². The molecule has 86 valence electrons. The third-order valence-corrected chi connectivity index (χ3v) is 3.75. The van der Waals surface area contributed by atoms with Crippen LogP contribution in [0, 0.1) is 0 Å². The van der Waals surface area contributed by atoms with Crippen molar-refractivity contribution in [2.75, 3.05) is 19.8 Å². The number of hydrogen-bond donors (Lipinski definition) is 0. The molecule has 0 aromatic heterocycles. The van der Waals surface area contributed by atoms with Gasteiger partial charge in [0, 0.05) is 31.8 Å². The standard InChI is InChI=1S/C12H15NOS2/c1-13(2)12(15)16-9-8-11(14)10-6-4-3-5-7-10/h3-7H,8-9H2,1-2H3. The van der Waals surface area contributed by atoms with Crippen molar-refractivity contribution in [1.82, 2.24) is 4.90 Å². The van der Waals surface area contributed by atoms with Gasteiger partial charge in [-0.3, -0.25) is 4.79 Å². The Bertz CT molecular complexity index is 363. The van der Waals surface area contributed by atoms with Crippen molar-refractivity contribution < 1.29 is 4.79 Å². The van der Waals surface area contributed by atoms with Gasteiger partial charge in [0.2, 0.25) is 0 Å². The van der Waals surface area contributed by atoms with Gasteiger partial charge in [-0.1, -0.05) is 54.3 Å². The fraction of sp³-hybridized carbons (Fsp3) is 0.333. The molecule has 1 rings (SSSR count). The first-order valence-corrected chi connectivity index (χ1v) is 6.43. The topological polar surface area (TPSA) is 20.3 Å². The number of benzene rings is 1. The van der Waals surface area contributed by atoms with Gasteiger partial charge in [0.05, 0.1) is 0 Å². The van der Waals surface area contributed by atoms with Crippen LogP contribution in [0.3, 0.4) is 0 Å². The second kappa shape index (κ2) is 6.66. The summed E-state index contributed by atoms with van der Waals surface area (Å²) in [5, 5.41) is 0. The smallest absolute Gasteiger partial charge is 0.163 e. The second-order valence-corrected chi connectivity index (χ2v) is 5.28. The first-order chi connectivity index (χ1) is 7.61. The Hall–Kier alpha value is -0.870. The molecular weight excluding hydrogens is 238 g/mol. The summed E-state index contributed by atoms with van der Waals surface area (Å²) in [6.45, 7) is 0. The summed E-state index contributed by atoms with van der Waals surface area (Å²) in [5.41, 5.74) is 0.777. The van der Waals surface area contributed by atoms with Gasteiger partial charge in [0.25, 0.3) is 0 Å². The third-order valence-electron chi connectivity index (χ3n) is 2.02. The van der Waals surface area contributed by atoms with Crippen molar-refractivity contribution in [2.24, 2.45) is 0 Å². The molecule has 0 saturated carbocycles. The number of rotatable bonds is 4. The minimum atomic E-state index is 0.176. The van der Waals surface area contributed by atoms with E-state index < -0.39 is 0 Å². The summed E-state index contributed by atoms with van der Waals surface area (Å²) in [5.74, 6) is 0.916. The molecule has 0 heterocycles. The van der Waals surface area contributed by atoms with E-state index in [-0.39, 0.29) is 5.78 Å². The van der Waals surface area contributed by atoms with Gasteiger partial charge in [-0.05, 0) is 0 Å². The molecule has 0 saturated heterocycles. The lowest BCUT2D eigenvalue weighted by molar-refractivity contribution is 0.0989. The maximum absolute atomic E-state index is 11.7. The van der Waals surface area contributed by atoms with Gasteiger partial charge < -0.3 is 4.90 Å². The Morgan fingerprint density at radius 2 is 1.94 bits per heavy atom. The highest BCUT2D eigenvalue weighted by Crippen LogP contribution is 2.11. The molecule has 0 bridgehead atoms.